The van der Waals surface area contributed by atoms with Crippen LogP contribution in [0.2, 0.25) is 0 Å². The van der Waals surface area contributed by atoms with E-state index in [4.69, 9.17) is 5.73 Å². The van der Waals surface area contributed by atoms with Crippen LogP contribution in [0.1, 0.15) is 48.5 Å². The van der Waals surface area contributed by atoms with E-state index >= 15 is 0 Å². The first kappa shape index (κ1) is 12.9. The summed E-state index contributed by atoms with van der Waals surface area (Å²) < 4.78 is 0. The van der Waals surface area contributed by atoms with Gasteiger partial charge in [0.15, 0.2) is 0 Å². The molecule has 3 heteroatoms. The molecule has 0 saturated heterocycles. The highest BCUT2D eigenvalue weighted by molar-refractivity contribution is 5.93. The molecule has 3 N–H and O–H groups in total. The number of benzene rings is 1. The van der Waals surface area contributed by atoms with Crippen molar-refractivity contribution >= 4 is 11.6 Å². The van der Waals surface area contributed by atoms with Crippen molar-refractivity contribution in [3.8, 4) is 0 Å². The molecule has 1 amide bonds. The van der Waals surface area contributed by atoms with Crippen LogP contribution in [0.4, 0.5) is 5.69 Å². The third kappa shape index (κ3) is 3.03. The molecule has 1 aliphatic rings. The molecule has 0 bridgehead atoms. The summed E-state index contributed by atoms with van der Waals surface area (Å²) in [6.45, 7) is 4.23. The summed E-state index contributed by atoms with van der Waals surface area (Å²) in [4.78, 5) is 11.1. The number of anilines is 1. The Labute approximate surface area is 109 Å². The molecule has 18 heavy (non-hydrogen) atoms. The molecule has 1 aliphatic carbocycles. The zero-order valence-corrected chi connectivity index (χ0v) is 11.2. The summed E-state index contributed by atoms with van der Waals surface area (Å²) in [6.07, 6.45) is 5.39. The first-order chi connectivity index (χ1) is 8.56. The van der Waals surface area contributed by atoms with Crippen molar-refractivity contribution in [2.75, 3.05) is 5.32 Å². The fourth-order valence-electron chi connectivity index (χ4n) is 2.53. The fourth-order valence-corrected chi connectivity index (χ4v) is 2.53. The monoisotopic (exact) mass is 246 g/mol. The van der Waals surface area contributed by atoms with Crippen LogP contribution in [0, 0.1) is 12.8 Å². The minimum Gasteiger partial charge on any atom is -0.382 e. The van der Waals surface area contributed by atoms with Crippen molar-refractivity contribution in [2.45, 2.75) is 45.6 Å². The minimum absolute atomic E-state index is 0.368. The third-order valence-electron chi connectivity index (χ3n) is 3.82. The number of nitrogens with two attached hydrogens (primary N) is 1. The summed E-state index contributed by atoms with van der Waals surface area (Å²) in [5.74, 6) is 0.532. The van der Waals surface area contributed by atoms with Crippen LogP contribution in [0.3, 0.4) is 0 Å². The van der Waals surface area contributed by atoms with Crippen LogP contribution in [-0.4, -0.2) is 11.9 Å². The highest BCUT2D eigenvalue weighted by Crippen LogP contribution is 2.31. The quantitative estimate of drug-likeness (QED) is 0.838. The van der Waals surface area contributed by atoms with Gasteiger partial charge in [0.2, 0.25) is 5.91 Å². The first-order valence-corrected chi connectivity index (χ1v) is 6.73. The second-order valence-corrected chi connectivity index (χ2v) is 5.47. The van der Waals surface area contributed by atoms with E-state index in [-0.39, 0.29) is 5.91 Å². The molecule has 0 spiro atoms. The van der Waals surface area contributed by atoms with Crippen LogP contribution in [0.5, 0.6) is 0 Å². The molecule has 1 fully saturated rings. The summed E-state index contributed by atoms with van der Waals surface area (Å²) >= 11 is 0. The average molecular weight is 246 g/mol. The Hall–Kier alpha value is -1.51. The van der Waals surface area contributed by atoms with Crippen molar-refractivity contribution in [3.63, 3.8) is 0 Å². The van der Waals surface area contributed by atoms with Crippen molar-refractivity contribution in [2.24, 2.45) is 11.7 Å². The molecule has 98 valence electrons. The van der Waals surface area contributed by atoms with Crippen LogP contribution in [0.25, 0.3) is 0 Å². The Bertz CT molecular complexity index is 438. The summed E-state index contributed by atoms with van der Waals surface area (Å²) in [6, 6.07) is 6.06. The number of primary amides is 1. The summed E-state index contributed by atoms with van der Waals surface area (Å²) in [7, 11) is 0. The van der Waals surface area contributed by atoms with E-state index in [0.29, 0.717) is 11.6 Å². The zero-order chi connectivity index (χ0) is 13.1. The van der Waals surface area contributed by atoms with Gasteiger partial charge >= 0.3 is 0 Å². The SMILES string of the molecule is Cc1cc(C(N)=O)ccc1NC(C)CC1CCC1. The molecule has 3 nitrogen and oxygen atoms in total. The molecule has 1 unspecified atom stereocenters. The van der Waals surface area contributed by atoms with Gasteiger partial charge in [-0.25, -0.2) is 0 Å². The maximum Gasteiger partial charge on any atom is 0.248 e. The van der Waals surface area contributed by atoms with E-state index in [0.717, 1.165) is 17.2 Å². The topological polar surface area (TPSA) is 55.1 Å². The van der Waals surface area contributed by atoms with E-state index in [9.17, 15) is 4.79 Å². The van der Waals surface area contributed by atoms with Crippen molar-refractivity contribution < 1.29 is 4.79 Å². The maximum absolute atomic E-state index is 11.1. The van der Waals surface area contributed by atoms with Gasteiger partial charge in [0.05, 0.1) is 0 Å². The van der Waals surface area contributed by atoms with Gasteiger partial charge in [0.25, 0.3) is 0 Å². The van der Waals surface area contributed by atoms with Gasteiger partial charge in [-0.3, -0.25) is 4.79 Å². The number of hydrogen-bond donors (Lipinski definition) is 2. The Morgan fingerprint density at radius 2 is 2.22 bits per heavy atom. The van der Waals surface area contributed by atoms with E-state index in [1.165, 1.54) is 25.7 Å². The number of nitrogens with one attached hydrogen (secondary N) is 1. The minimum atomic E-state index is -0.368. The molecule has 2 rings (SSSR count). The fraction of sp³-hybridized carbons (Fsp3) is 0.533. The lowest BCUT2D eigenvalue weighted by molar-refractivity contribution is 0.1000. The predicted molar refractivity (Wildman–Crippen MR) is 74.7 cm³/mol. The van der Waals surface area contributed by atoms with Crippen molar-refractivity contribution in [1.82, 2.24) is 0 Å². The Morgan fingerprint density at radius 3 is 2.72 bits per heavy atom. The number of rotatable bonds is 5. The van der Waals surface area contributed by atoms with Gasteiger partial charge in [-0.2, -0.15) is 0 Å². The predicted octanol–water partition coefficient (Wildman–Crippen LogP) is 3.08. The number of aryl methyl sites for hydroxylation is 1. The molecule has 0 aliphatic heterocycles. The smallest absolute Gasteiger partial charge is 0.248 e. The van der Waals surface area contributed by atoms with Gasteiger partial charge in [-0.15, -0.1) is 0 Å². The Kier molecular flexibility index (Phi) is 3.90. The second kappa shape index (κ2) is 5.42. The lowest BCUT2D eigenvalue weighted by Gasteiger charge is -2.29. The van der Waals surface area contributed by atoms with Crippen LogP contribution in [0.15, 0.2) is 18.2 Å². The average Bonchev–Trinajstić information content (AvgIpc) is 2.26. The molecular weight excluding hydrogens is 224 g/mol. The first-order valence-electron chi connectivity index (χ1n) is 6.73. The highest BCUT2D eigenvalue weighted by Gasteiger charge is 2.20. The van der Waals surface area contributed by atoms with E-state index < -0.39 is 0 Å². The van der Waals surface area contributed by atoms with Gasteiger partial charge in [-0.05, 0) is 49.9 Å². The highest BCUT2D eigenvalue weighted by atomic mass is 16.1. The van der Waals surface area contributed by atoms with Crippen LogP contribution < -0.4 is 11.1 Å². The standard InChI is InChI=1S/C15H22N2O/c1-10-8-13(15(16)18)6-7-14(10)17-11(2)9-12-4-3-5-12/h6-8,11-12,17H,3-5,9H2,1-2H3,(H2,16,18). The summed E-state index contributed by atoms with van der Waals surface area (Å²) in [5, 5.41) is 3.52. The molecule has 1 aromatic carbocycles. The maximum atomic E-state index is 11.1. The van der Waals surface area contributed by atoms with Gasteiger partial charge in [0, 0.05) is 17.3 Å². The number of carbonyl (C=O) groups excluding carboxylic acids is 1. The molecule has 0 heterocycles. The van der Waals surface area contributed by atoms with Gasteiger partial charge < -0.3 is 11.1 Å². The van der Waals surface area contributed by atoms with Crippen molar-refractivity contribution in [3.05, 3.63) is 29.3 Å². The van der Waals surface area contributed by atoms with Gasteiger partial charge in [0.1, 0.15) is 0 Å². The third-order valence-corrected chi connectivity index (χ3v) is 3.82. The number of carbonyl (C=O) groups is 1. The largest absolute Gasteiger partial charge is 0.382 e. The molecule has 1 aromatic rings. The normalized spacial score (nSPS) is 17.0. The Balaban J connectivity index is 1.97. The van der Waals surface area contributed by atoms with E-state index in [1.54, 1.807) is 6.07 Å². The lowest BCUT2D eigenvalue weighted by atomic mass is 9.81. The molecular formula is C15H22N2O. The molecule has 1 atom stereocenters. The number of hydrogen-bond acceptors (Lipinski definition) is 2. The second-order valence-electron chi connectivity index (χ2n) is 5.47. The Morgan fingerprint density at radius 1 is 1.50 bits per heavy atom. The van der Waals surface area contributed by atoms with Crippen LogP contribution in [-0.2, 0) is 0 Å². The molecule has 0 aromatic heterocycles. The van der Waals surface area contributed by atoms with E-state index in [1.807, 2.05) is 19.1 Å². The summed E-state index contributed by atoms with van der Waals surface area (Å²) in [5.41, 5.74) is 8.02. The van der Waals surface area contributed by atoms with E-state index in [2.05, 4.69) is 12.2 Å². The van der Waals surface area contributed by atoms with Crippen molar-refractivity contribution in [1.29, 1.82) is 0 Å². The van der Waals surface area contributed by atoms with Gasteiger partial charge in [-0.1, -0.05) is 19.3 Å². The molecule has 1 saturated carbocycles. The zero-order valence-electron chi connectivity index (χ0n) is 11.2. The number of amides is 1. The van der Waals surface area contributed by atoms with Crippen LogP contribution >= 0.6 is 0 Å². The lowest BCUT2D eigenvalue weighted by Crippen LogP contribution is -2.23. The molecule has 0 radical (unpaired) electrons.